The second-order valence-electron chi connectivity index (χ2n) is 6.94. The summed E-state index contributed by atoms with van der Waals surface area (Å²) in [4.78, 5) is 15.6. The summed E-state index contributed by atoms with van der Waals surface area (Å²) in [7, 11) is 0. The van der Waals surface area contributed by atoms with E-state index in [0.717, 1.165) is 30.2 Å². The molecular weight excluding hydrogens is 372 g/mol. The summed E-state index contributed by atoms with van der Waals surface area (Å²) in [6, 6.07) is 8.14. The molecular formula is C20H26N6OS. The number of anilines is 2. The summed E-state index contributed by atoms with van der Waals surface area (Å²) in [5.41, 5.74) is 5.06. The predicted molar refractivity (Wildman–Crippen MR) is 117 cm³/mol. The molecule has 1 saturated heterocycles. The number of guanidine groups is 1. The number of morpholine rings is 1. The Kier molecular flexibility index (Phi) is 6.53. The number of benzene rings is 1. The van der Waals surface area contributed by atoms with Gasteiger partial charge in [-0.25, -0.2) is 9.97 Å². The maximum Gasteiger partial charge on any atom is 0.229 e. The van der Waals surface area contributed by atoms with Crippen LogP contribution in [0, 0.1) is 27.7 Å². The number of aromatic nitrogens is 2. The Morgan fingerprint density at radius 3 is 2.18 bits per heavy atom. The molecule has 8 heteroatoms. The van der Waals surface area contributed by atoms with Crippen LogP contribution in [0.25, 0.3) is 0 Å². The van der Waals surface area contributed by atoms with Gasteiger partial charge < -0.3 is 15.0 Å². The number of rotatable bonds is 2. The van der Waals surface area contributed by atoms with Crippen LogP contribution in [0.1, 0.15) is 22.5 Å². The summed E-state index contributed by atoms with van der Waals surface area (Å²) in [5.74, 6) is 1.13. The van der Waals surface area contributed by atoms with Crippen molar-refractivity contribution in [1.82, 2.24) is 14.9 Å². The van der Waals surface area contributed by atoms with E-state index in [0.29, 0.717) is 30.2 Å². The van der Waals surface area contributed by atoms with Crippen molar-refractivity contribution in [2.45, 2.75) is 27.7 Å². The lowest BCUT2D eigenvalue weighted by atomic mass is 10.1. The van der Waals surface area contributed by atoms with Crippen LogP contribution in [0.15, 0.2) is 29.3 Å². The maximum absolute atomic E-state index is 5.50. The Morgan fingerprint density at radius 2 is 1.57 bits per heavy atom. The number of nitrogens with one attached hydrogen (secondary N) is 2. The Labute approximate surface area is 171 Å². The van der Waals surface area contributed by atoms with E-state index < -0.39 is 0 Å². The van der Waals surface area contributed by atoms with Crippen LogP contribution in [0.2, 0.25) is 0 Å². The van der Waals surface area contributed by atoms with Gasteiger partial charge in [-0.05, 0) is 69.2 Å². The first-order chi connectivity index (χ1) is 13.4. The molecule has 1 aliphatic heterocycles. The number of hydrogen-bond acceptors (Lipinski definition) is 4. The lowest BCUT2D eigenvalue weighted by molar-refractivity contribution is 0.0680. The molecule has 3 rings (SSSR count). The highest BCUT2D eigenvalue weighted by Gasteiger charge is 2.17. The van der Waals surface area contributed by atoms with Crippen molar-refractivity contribution in [2.75, 3.05) is 36.9 Å². The Hall–Kier alpha value is -2.58. The number of aryl methyl sites for hydroxylation is 4. The van der Waals surface area contributed by atoms with Crippen molar-refractivity contribution < 1.29 is 4.74 Å². The van der Waals surface area contributed by atoms with Gasteiger partial charge in [0.25, 0.3) is 0 Å². The highest BCUT2D eigenvalue weighted by molar-refractivity contribution is 7.80. The van der Waals surface area contributed by atoms with Crippen LogP contribution in [-0.2, 0) is 4.74 Å². The molecule has 28 heavy (non-hydrogen) atoms. The molecule has 0 atom stereocenters. The molecule has 0 aliphatic carbocycles. The van der Waals surface area contributed by atoms with Gasteiger partial charge >= 0.3 is 0 Å². The third-order valence-electron chi connectivity index (χ3n) is 4.20. The Bertz CT molecular complexity index is 852. The molecule has 0 unspecified atom stereocenters. The summed E-state index contributed by atoms with van der Waals surface area (Å²) in [6.07, 6.45) is 0. The van der Waals surface area contributed by atoms with E-state index in [-0.39, 0.29) is 0 Å². The van der Waals surface area contributed by atoms with E-state index in [9.17, 15) is 0 Å². The van der Waals surface area contributed by atoms with E-state index in [4.69, 9.17) is 17.0 Å². The topological polar surface area (TPSA) is 74.7 Å². The lowest BCUT2D eigenvalue weighted by Crippen LogP contribution is -2.45. The first-order valence-corrected chi connectivity index (χ1v) is 9.70. The fourth-order valence-corrected chi connectivity index (χ4v) is 3.33. The van der Waals surface area contributed by atoms with Crippen molar-refractivity contribution in [1.29, 1.82) is 0 Å². The van der Waals surface area contributed by atoms with E-state index in [2.05, 4.69) is 50.4 Å². The van der Waals surface area contributed by atoms with Crippen molar-refractivity contribution in [3.05, 3.63) is 46.8 Å². The molecule has 2 aromatic rings. The monoisotopic (exact) mass is 398 g/mol. The van der Waals surface area contributed by atoms with Gasteiger partial charge in [0.1, 0.15) is 0 Å². The number of aliphatic imine (C=N–C) groups is 1. The molecule has 0 saturated carbocycles. The molecule has 2 N–H and O–H groups in total. The van der Waals surface area contributed by atoms with Crippen molar-refractivity contribution in [2.24, 2.45) is 4.99 Å². The minimum absolute atomic E-state index is 0.378. The molecule has 0 amide bonds. The zero-order valence-corrected chi connectivity index (χ0v) is 17.6. The Morgan fingerprint density at radius 1 is 0.964 bits per heavy atom. The second kappa shape index (κ2) is 9.07. The number of ether oxygens (including phenoxy) is 1. The van der Waals surface area contributed by atoms with E-state index in [1.54, 1.807) is 0 Å². The van der Waals surface area contributed by atoms with E-state index in [1.807, 2.05) is 32.0 Å². The first kappa shape index (κ1) is 20.2. The molecule has 0 bridgehead atoms. The van der Waals surface area contributed by atoms with Crippen molar-refractivity contribution in [3.8, 4) is 0 Å². The average molecular weight is 399 g/mol. The minimum atomic E-state index is 0.378. The third kappa shape index (κ3) is 5.71. The Balaban J connectivity index is 1.83. The molecule has 7 nitrogen and oxygen atoms in total. The molecule has 148 valence electrons. The van der Waals surface area contributed by atoms with Crippen LogP contribution >= 0.6 is 12.2 Å². The third-order valence-corrected chi connectivity index (χ3v) is 4.39. The molecule has 0 spiro atoms. The SMILES string of the molecule is Cc1cc(C)cc(NC(=S)/N=C(/Nc2nc(C)cc(C)n2)N2CCOCC2)c1. The maximum atomic E-state index is 5.50. The predicted octanol–water partition coefficient (Wildman–Crippen LogP) is 3.21. The fraction of sp³-hybridized carbons (Fsp3) is 0.400. The zero-order valence-electron chi connectivity index (χ0n) is 16.7. The minimum Gasteiger partial charge on any atom is -0.378 e. The van der Waals surface area contributed by atoms with Crippen molar-refractivity contribution in [3.63, 3.8) is 0 Å². The number of hydrogen-bond donors (Lipinski definition) is 2. The van der Waals surface area contributed by atoms with Gasteiger partial charge in [-0.1, -0.05) is 6.07 Å². The van der Waals surface area contributed by atoms with Gasteiger partial charge in [-0.15, -0.1) is 0 Å². The highest BCUT2D eigenvalue weighted by atomic mass is 32.1. The van der Waals surface area contributed by atoms with Crippen LogP contribution < -0.4 is 10.6 Å². The smallest absolute Gasteiger partial charge is 0.229 e. The van der Waals surface area contributed by atoms with Gasteiger partial charge in [-0.3, -0.25) is 5.32 Å². The number of thiocarbonyl (C=S) groups is 1. The van der Waals surface area contributed by atoms with Crippen LogP contribution in [0.5, 0.6) is 0 Å². The quantitative estimate of drug-likeness (QED) is 0.457. The van der Waals surface area contributed by atoms with Crippen molar-refractivity contribution >= 4 is 34.9 Å². The van der Waals surface area contributed by atoms with Gasteiger partial charge in [-0.2, -0.15) is 4.99 Å². The molecule has 2 heterocycles. The normalized spacial score (nSPS) is 14.7. The average Bonchev–Trinajstić information content (AvgIpc) is 2.60. The zero-order chi connectivity index (χ0) is 20.1. The fourth-order valence-electron chi connectivity index (χ4n) is 3.13. The first-order valence-electron chi connectivity index (χ1n) is 9.29. The van der Waals surface area contributed by atoms with Crippen LogP contribution in [0.4, 0.5) is 11.6 Å². The highest BCUT2D eigenvalue weighted by Crippen LogP contribution is 2.14. The van der Waals surface area contributed by atoms with E-state index >= 15 is 0 Å². The second-order valence-corrected chi connectivity index (χ2v) is 7.33. The standard InChI is InChI=1S/C20H26N6OS/c1-13-9-14(2)11-17(10-13)23-20(28)25-19(26-5-7-27-8-6-26)24-18-21-15(3)12-16(4)22-18/h9-12H,5-8H2,1-4H3,(H2,21,22,23,24,25,28). The molecule has 0 radical (unpaired) electrons. The van der Waals surface area contributed by atoms with Gasteiger partial charge in [0.05, 0.1) is 13.2 Å². The molecule has 1 aromatic carbocycles. The van der Waals surface area contributed by atoms with E-state index in [1.165, 1.54) is 11.1 Å². The number of nitrogens with zero attached hydrogens (tertiary/aromatic N) is 4. The summed E-state index contributed by atoms with van der Waals surface area (Å²) in [5, 5.41) is 6.83. The van der Waals surface area contributed by atoms with Gasteiger partial charge in [0.2, 0.25) is 17.0 Å². The summed E-state index contributed by atoms with van der Waals surface area (Å²) in [6.45, 7) is 10.7. The largest absolute Gasteiger partial charge is 0.378 e. The molecule has 1 fully saturated rings. The van der Waals surface area contributed by atoms with Crippen LogP contribution in [0.3, 0.4) is 0 Å². The molecule has 1 aliphatic rings. The summed E-state index contributed by atoms with van der Waals surface area (Å²) < 4.78 is 5.46. The van der Waals surface area contributed by atoms with Crippen LogP contribution in [-0.4, -0.2) is 52.2 Å². The van der Waals surface area contributed by atoms with Gasteiger partial charge in [0.15, 0.2) is 0 Å². The molecule has 1 aromatic heterocycles. The summed E-state index contributed by atoms with van der Waals surface area (Å²) >= 11 is 5.50. The van der Waals surface area contributed by atoms with Gasteiger partial charge in [0, 0.05) is 30.2 Å². The lowest BCUT2D eigenvalue weighted by Gasteiger charge is -2.29.